The van der Waals surface area contributed by atoms with Crippen molar-refractivity contribution in [2.75, 3.05) is 18.4 Å². The summed E-state index contributed by atoms with van der Waals surface area (Å²) >= 11 is 0.792. The third-order valence-electron chi connectivity index (χ3n) is 1.94. The van der Waals surface area contributed by atoms with Crippen molar-refractivity contribution in [2.24, 2.45) is 11.7 Å². The summed E-state index contributed by atoms with van der Waals surface area (Å²) in [5.74, 6) is -0.303. The van der Waals surface area contributed by atoms with Gasteiger partial charge < -0.3 is 11.1 Å². The fraction of sp³-hybridized carbons (Fsp3) is 0.625. The molecule has 102 valence electrons. The van der Waals surface area contributed by atoms with Crippen molar-refractivity contribution in [3.63, 3.8) is 0 Å². The average Bonchev–Trinajstić information content (AvgIpc) is 2.74. The van der Waals surface area contributed by atoms with E-state index in [1.807, 2.05) is 6.92 Å². The zero-order valence-corrected chi connectivity index (χ0v) is 11.6. The Balaban J connectivity index is 2.73. The first kappa shape index (κ1) is 15.0. The summed E-state index contributed by atoms with van der Waals surface area (Å²) in [6, 6.07) is 0. The Bertz CT molecular complexity index is 513. The molecule has 0 bridgehead atoms. The van der Waals surface area contributed by atoms with Gasteiger partial charge in [-0.05, 0) is 12.5 Å². The molecule has 0 saturated carbocycles. The molecule has 1 aromatic heterocycles. The van der Waals surface area contributed by atoms with E-state index in [9.17, 15) is 13.2 Å². The number of carbonyl (C=O) groups is 1. The number of nitrogens with two attached hydrogens (primary N) is 1. The van der Waals surface area contributed by atoms with Crippen LogP contribution in [0.25, 0.3) is 0 Å². The number of carbonyl (C=O) groups excluding carboxylic acids is 1. The molecule has 1 unspecified atom stereocenters. The standard InChI is InChI=1S/C8H15N5O3S2/c1-5(3-9)4-10-18(15,16)8-13-12-7(17-8)11-6(2)14/h5,10H,3-4,9H2,1-2H3,(H,11,12,14). The van der Waals surface area contributed by atoms with Gasteiger partial charge in [-0.25, -0.2) is 13.1 Å². The van der Waals surface area contributed by atoms with Crippen LogP contribution in [-0.4, -0.2) is 37.6 Å². The second-order valence-corrected chi connectivity index (χ2v) is 6.67. The number of nitrogens with zero attached hydrogens (tertiary/aromatic N) is 2. The predicted molar refractivity (Wildman–Crippen MR) is 67.6 cm³/mol. The van der Waals surface area contributed by atoms with Gasteiger partial charge in [0.25, 0.3) is 10.0 Å². The number of aromatic nitrogens is 2. The van der Waals surface area contributed by atoms with Gasteiger partial charge in [0.15, 0.2) is 0 Å². The fourth-order valence-electron chi connectivity index (χ4n) is 0.917. The summed E-state index contributed by atoms with van der Waals surface area (Å²) in [6.07, 6.45) is 0. The smallest absolute Gasteiger partial charge is 0.269 e. The van der Waals surface area contributed by atoms with Crippen LogP contribution in [0.5, 0.6) is 0 Å². The molecule has 1 heterocycles. The van der Waals surface area contributed by atoms with E-state index in [0.29, 0.717) is 6.54 Å². The SMILES string of the molecule is CC(=O)Nc1nnc(S(=O)(=O)NCC(C)CN)s1. The molecule has 1 amide bonds. The van der Waals surface area contributed by atoms with Crippen LogP contribution in [0.3, 0.4) is 0 Å². The normalized spacial score (nSPS) is 13.3. The van der Waals surface area contributed by atoms with E-state index in [1.54, 1.807) is 0 Å². The van der Waals surface area contributed by atoms with Crippen LogP contribution < -0.4 is 15.8 Å². The molecule has 0 saturated heterocycles. The largest absolute Gasteiger partial charge is 0.330 e. The fourth-order valence-corrected chi connectivity index (χ4v) is 3.07. The van der Waals surface area contributed by atoms with Gasteiger partial charge in [-0.15, -0.1) is 10.2 Å². The quantitative estimate of drug-likeness (QED) is 0.599. The highest BCUT2D eigenvalue weighted by Gasteiger charge is 2.20. The molecule has 0 fully saturated rings. The summed E-state index contributed by atoms with van der Waals surface area (Å²) in [5, 5.41) is 9.59. The monoisotopic (exact) mass is 293 g/mol. The predicted octanol–water partition coefficient (Wildman–Crippen LogP) is -0.630. The molecule has 10 heteroatoms. The van der Waals surface area contributed by atoms with Crippen LogP contribution >= 0.6 is 11.3 Å². The average molecular weight is 293 g/mol. The molecule has 0 aliphatic rings. The van der Waals surface area contributed by atoms with Crippen molar-refractivity contribution < 1.29 is 13.2 Å². The molecule has 0 aliphatic carbocycles. The molecule has 0 radical (unpaired) electrons. The topological polar surface area (TPSA) is 127 Å². The lowest BCUT2D eigenvalue weighted by molar-refractivity contribution is -0.114. The second kappa shape index (κ2) is 6.18. The van der Waals surface area contributed by atoms with Crippen molar-refractivity contribution in [1.82, 2.24) is 14.9 Å². The number of hydrogen-bond acceptors (Lipinski definition) is 7. The Morgan fingerprint density at radius 3 is 2.72 bits per heavy atom. The Morgan fingerprint density at radius 2 is 2.17 bits per heavy atom. The van der Waals surface area contributed by atoms with Gasteiger partial charge in [-0.2, -0.15) is 0 Å². The van der Waals surface area contributed by atoms with E-state index >= 15 is 0 Å². The number of hydrogen-bond donors (Lipinski definition) is 3. The van der Waals surface area contributed by atoms with Crippen LogP contribution in [0.15, 0.2) is 4.34 Å². The van der Waals surface area contributed by atoms with E-state index in [4.69, 9.17) is 5.73 Å². The zero-order valence-electron chi connectivity index (χ0n) is 10.0. The molecule has 0 aromatic carbocycles. The van der Waals surface area contributed by atoms with Crippen LogP contribution in [0.4, 0.5) is 5.13 Å². The lowest BCUT2D eigenvalue weighted by Gasteiger charge is -2.08. The van der Waals surface area contributed by atoms with Crippen molar-refractivity contribution in [3.8, 4) is 0 Å². The zero-order chi connectivity index (χ0) is 13.8. The van der Waals surface area contributed by atoms with Crippen molar-refractivity contribution in [1.29, 1.82) is 0 Å². The Hall–Kier alpha value is -1.10. The minimum absolute atomic E-state index is 0.0301. The highest BCUT2D eigenvalue weighted by Crippen LogP contribution is 2.19. The van der Waals surface area contributed by atoms with Gasteiger partial charge in [0, 0.05) is 13.5 Å². The maximum Gasteiger partial charge on any atom is 0.269 e. The number of anilines is 1. The first-order valence-corrected chi connectivity index (χ1v) is 7.46. The summed E-state index contributed by atoms with van der Waals surface area (Å²) in [7, 11) is -3.69. The van der Waals surface area contributed by atoms with Crippen molar-refractivity contribution >= 4 is 32.4 Å². The van der Waals surface area contributed by atoms with Gasteiger partial charge in [0.2, 0.25) is 15.4 Å². The summed E-state index contributed by atoms with van der Waals surface area (Å²) in [5.41, 5.74) is 5.39. The summed E-state index contributed by atoms with van der Waals surface area (Å²) in [4.78, 5) is 10.8. The Morgan fingerprint density at radius 1 is 1.50 bits per heavy atom. The molecule has 4 N–H and O–H groups in total. The Kier molecular flexibility index (Phi) is 5.14. The number of rotatable bonds is 6. The minimum Gasteiger partial charge on any atom is -0.330 e. The van der Waals surface area contributed by atoms with E-state index in [0.717, 1.165) is 11.3 Å². The van der Waals surface area contributed by atoms with E-state index < -0.39 is 10.0 Å². The molecule has 8 nitrogen and oxygen atoms in total. The van der Waals surface area contributed by atoms with Crippen molar-refractivity contribution in [2.45, 2.75) is 18.2 Å². The van der Waals surface area contributed by atoms with Crippen LogP contribution in [0.2, 0.25) is 0 Å². The van der Waals surface area contributed by atoms with Gasteiger partial charge >= 0.3 is 0 Å². The van der Waals surface area contributed by atoms with Crippen LogP contribution in [0, 0.1) is 5.92 Å². The number of amides is 1. The second-order valence-electron chi connectivity index (χ2n) is 3.75. The summed E-state index contributed by atoms with van der Waals surface area (Å²) in [6.45, 7) is 3.74. The third-order valence-corrected chi connectivity index (χ3v) is 4.57. The molecular formula is C8H15N5O3S2. The maximum absolute atomic E-state index is 11.8. The molecule has 1 rings (SSSR count). The Labute approximate surface area is 109 Å². The lowest BCUT2D eigenvalue weighted by atomic mass is 10.2. The number of sulfonamides is 1. The summed E-state index contributed by atoms with van der Waals surface area (Å²) < 4.78 is 25.8. The van der Waals surface area contributed by atoms with Crippen LogP contribution in [-0.2, 0) is 14.8 Å². The number of nitrogens with one attached hydrogen (secondary N) is 2. The molecule has 1 atom stereocenters. The van der Waals surface area contributed by atoms with Gasteiger partial charge in [-0.3, -0.25) is 4.79 Å². The highest BCUT2D eigenvalue weighted by molar-refractivity contribution is 7.91. The molecule has 0 spiro atoms. The molecule has 0 aliphatic heterocycles. The first-order valence-electron chi connectivity index (χ1n) is 5.16. The highest BCUT2D eigenvalue weighted by atomic mass is 32.2. The maximum atomic E-state index is 11.8. The van der Waals surface area contributed by atoms with Gasteiger partial charge in [0.1, 0.15) is 0 Å². The van der Waals surface area contributed by atoms with E-state index in [-0.39, 0.29) is 27.8 Å². The van der Waals surface area contributed by atoms with Gasteiger partial charge in [0.05, 0.1) is 0 Å². The van der Waals surface area contributed by atoms with Crippen molar-refractivity contribution in [3.05, 3.63) is 0 Å². The van der Waals surface area contributed by atoms with E-state index in [1.165, 1.54) is 6.92 Å². The third kappa shape index (κ3) is 4.29. The molecule has 18 heavy (non-hydrogen) atoms. The van der Waals surface area contributed by atoms with Gasteiger partial charge in [-0.1, -0.05) is 18.3 Å². The lowest BCUT2D eigenvalue weighted by Crippen LogP contribution is -2.31. The molecule has 1 aromatic rings. The first-order chi connectivity index (χ1) is 8.35. The van der Waals surface area contributed by atoms with E-state index in [2.05, 4.69) is 20.2 Å². The molecular weight excluding hydrogens is 278 g/mol. The van der Waals surface area contributed by atoms with Crippen LogP contribution in [0.1, 0.15) is 13.8 Å². The minimum atomic E-state index is -3.69.